The highest BCUT2D eigenvalue weighted by Gasteiger charge is 2.32. The van der Waals surface area contributed by atoms with Crippen molar-refractivity contribution in [3.05, 3.63) is 0 Å². The third kappa shape index (κ3) is 10.2. The first-order valence-electron chi connectivity index (χ1n) is 9.77. The van der Waals surface area contributed by atoms with E-state index in [0.29, 0.717) is 6.42 Å². The van der Waals surface area contributed by atoms with Crippen LogP contribution in [0.3, 0.4) is 0 Å². The molecule has 0 fully saturated rings. The van der Waals surface area contributed by atoms with Crippen molar-refractivity contribution in [2.45, 2.75) is 63.7 Å². The van der Waals surface area contributed by atoms with Crippen LogP contribution >= 0.6 is 0 Å². The number of hydrogen-bond donors (Lipinski definition) is 8. The summed E-state index contributed by atoms with van der Waals surface area (Å²) >= 11 is 0. The molecule has 14 heteroatoms. The van der Waals surface area contributed by atoms with Crippen LogP contribution in [-0.4, -0.2) is 86.8 Å². The Bertz CT molecular complexity index is 714. The van der Waals surface area contributed by atoms with Crippen LogP contribution in [0, 0.1) is 5.92 Å². The maximum Gasteiger partial charge on any atom is 0.326 e. The second kappa shape index (κ2) is 13.9. The summed E-state index contributed by atoms with van der Waals surface area (Å²) in [6.45, 7) is 2.36. The van der Waals surface area contributed by atoms with Gasteiger partial charge in [0.1, 0.15) is 18.1 Å². The molecule has 0 saturated carbocycles. The summed E-state index contributed by atoms with van der Waals surface area (Å²) in [5, 5.41) is 42.7. The Morgan fingerprint density at radius 1 is 0.844 bits per heavy atom. The van der Waals surface area contributed by atoms with E-state index in [0.717, 1.165) is 0 Å². The molecule has 0 aliphatic carbocycles. The fourth-order valence-electron chi connectivity index (χ4n) is 2.50. The van der Waals surface area contributed by atoms with Gasteiger partial charge in [-0.25, -0.2) is 4.79 Å². The van der Waals surface area contributed by atoms with Crippen molar-refractivity contribution in [2.75, 3.05) is 6.61 Å². The lowest BCUT2D eigenvalue weighted by molar-refractivity contribution is -0.144. The van der Waals surface area contributed by atoms with E-state index < -0.39 is 91.6 Å². The molecule has 0 heterocycles. The van der Waals surface area contributed by atoms with Gasteiger partial charge in [0, 0.05) is 6.42 Å². The monoisotopic (exact) mass is 462 g/mol. The van der Waals surface area contributed by atoms with E-state index in [1.807, 2.05) is 5.32 Å². The number of carbonyl (C=O) groups excluding carboxylic acids is 3. The van der Waals surface area contributed by atoms with Gasteiger partial charge in [-0.15, -0.1) is 0 Å². The Labute approximate surface area is 183 Å². The zero-order valence-electron chi connectivity index (χ0n) is 17.7. The lowest BCUT2D eigenvalue weighted by Gasteiger charge is -2.25. The molecule has 0 rings (SSSR count). The zero-order valence-corrected chi connectivity index (χ0v) is 17.7. The lowest BCUT2D eigenvalue weighted by atomic mass is 9.98. The average Bonchev–Trinajstić information content (AvgIpc) is 2.70. The minimum absolute atomic E-state index is 0.398. The molecule has 0 aliphatic heterocycles. The smallest absolute Gasteiger partial charge is 0.326 e. The Morgan fingerprint density at radius 3 is 1.81 bits per heavy atom. The fraction of sp³-hybridized carbons (Fsp3) is 0.667. The molecule has 32 heavy (non-hydrogen) atoms. The molecule has 0 aromatic rings. The van der Waals surface area contributed by atoms with Gasteiger partial charge in [0.2, 0.25) is 17.7 Å². The number of nitrogens with two attached hydrogens (primary N) is 1. The predicted molar refractivity (Wildman–Crippen MR) is 107 cm³/mol. The van der Waals surface area contributed by atoms with Crippen molar-refractivity contribution in [1.82, 2.24) is 16.0 Å². The number of carboxylic acids is 3. The number of aliphatic hydroxyl groups excluding tert-OH is 1. The Balaban J connectivity index is 5.39. The Kier molecular flexibility index (Phi) is 12.5. The number of hydrogen-bond acceptors (Lipinski definition) is 8. The van der Waals surface area contributed by atoms with Gasteiger partial charge < -0.3 is 42.1 Å². The van der Waals surface area contributed by atoms with Gasteiger partial charge in [0.15, 0.2) is 0 Å². The fourth-order valence-corrected chi connectivity index (χ4v) is 2.50. The number of aliphatic hydroxyl groups is 1. The molecule has 9 N–H and O–H groups in total. The average molecular weight is 462 g/mol. The third-order valence-corrected chi connectivity index (χ3v) is 4.60. The van der Waals surface area contributed by atoms with Crippen LogP contribution in [0.5, 0.6) is 0 Å². The summed E-state index contributed by atoms with van der Waals surface area (Å²) in [6.07, 6.45) is -1.26. The molecule has 14 nitrogen and oxygen atoms in total. The molecule has 0 bridgehead atoms. The summed E-state index contributed by atoms with van der Waals surface area (Å²) in [6, 6.07) is -5.90. The molecule has 0 spiro atoms. The summed E-state index contributed by atoms with van der Waals surface area (Å²) in [7, 11) is 0. The van der Waals surface area contributed by atoms with Crippen molar-refractivity contribution in [2.24, 2.45) is 11.7 Å². The number of rotatable bonds is 15. The largest absolute Gasteiger partial charge is 0.481 e. The number of nitrogens with one attached hydrogen (secondary N) is 3. The van der Waals surface area contributed by atoms with E-state index in [9.17, 15) is 39.0 Å². The van der Waals surface area contributed by atoms with Gasteiger partial charge in [-0.3, -0.25) is 24.0 Å². The first-order valence-corrected chi connectivity index (χ1v) is 9.77. The highest BCUT2D eigenvalue weighted by Crippen LogP contribution is 2.09. The van der Waals surface area contributed by atoms with Gasteiger partial charge in [0.05, 0.1) is 19.1 Å². The summed E-state index contributed by atoms with van der Waals surface area (Å²) in [5.41, 5.74) is 5.39. The van der Waals surface area contributed by atoms with E-state index >= 15 is 0 Å². The minimum Gasteiger partial charge on any atom is -0.481 e. The normalized spacial score (nSPS) is 15.4. The van der Waals surface area contributed by atoms with Crippen LogP contribution in [-0.2, 0) is 28.8 Å². The second-order valence-corrected chi connectivity index (χ2v) is 7.15. The number of amides is 3. The van der Waals surface area contributed by atoms with Gasteiger partial charge in [-0.2, -0.15) is 0 Å². The van der Waals surface area contributed by atoms with Crippen molar-refractivity contribution in [1.29, 1.82) is 0 Å². The van der Waals surface area contributed by atoms with Crippen molar-refractivity contribution in [3.8, 4) is 0 Å². The molecule has 182 valence electrons. The van der Waals surface area contributed by atoms with Crippen LogP contribution in [0.2, 0.25) is 0 Å². The van der Waals surface area contributed by atoms with Gasteiger partial charge in [-0.05, 0) is 12.3 Å². The molecule has 0 aromatic carbocycles. The maximum absolute atomic E-state index is 12.6. The van der Waals surface area contributed by atoms with Crippen LogP contribution in [0.25, 0.3) is 0 Å². The maximum atomic E-state index is 12.6. The Morgan fingerprint density at radius 2 is 1.38 bits per heavy atom. The van der Waals surface area contributed by atoms with Gasteiger partial charge in [0.25, 0.3) is 0 Å². The molecule has 0 saturated heterocycles. The standard InChI is InChI=1S/C18H30N4O10/c1-3-8(2)14(18(31)32)22-16(29)10(4-5-12(24)25)20-17(30)11(7-23)21-15(28)9(19)6-13(26)27/h8-11,14,23H,3-7,19H2,1-2H3,(H,20,30)(H,21,28)(H,22,29)(H,24,25)(H,26,27)(H,31,32). The second-order valence-electron chi connectivity index (χ2n) is 7.15. The molecule has 0 aliphatic rings. The van der Waals surface area contributed by atoms with E-state index in [1.165, 1.54) is 0 Å². The number of carboxylic acid groups (broad SMARTS) is 3. The highest BCUT2D eigenvalue weighted by molar-refractivity contribution is 5.95. The SMILES string of the molecule is CCC(C)C(NC(=O)C(CCC(=O)O)NC(=O)C(CO)NC(=O)C(N)CC(=O)O)C(=O)O. The number of aliphatic carboxylic acids is 3. The first-order chi connectivity index (χ1) is 14.8. The van der Waals surface area contributed by atoms with E-state index in [2.05, 4.69) is 10.6 Å². The quantitative estimate of drug-likeness (QED) is 0.124. The van der Waals surface area contributed by atoms with Crippen LogP contribution < -0.4 is 21.7 Å². The van der Waals surface area contributed by atoms with E-state index in [4.69, 9.17) is 15.9 Å². The predicted octanol–water partition coefficient (Wildman–Crippen LogP) is -2.77. The third-order valence-electron chi connectivity index (χ3n) is 4.60. The van der Waals surface area contributed by atoms with Gasteiger partial charge in [-0.1, -0.05) is 20.3 Å². The summed E-state index contributed by atoms with van der Waals surface area (Å²) in [5.74, 6) is -7.51. The lowest BCUT2D eigenvalue weighted by Crippen LogP contribution is -2.58. The Hall–Kier alpha value is -3.26. The van der Waals surface area contributed by atoms with Crippen molar-refractivity contribution >= 4 is 35.6 Å². The number of carbonyl (C=O) groups is 6. The molecule has 5 unspecified atom stereocenters. The van der Waals surface area contributed by atoms with Gasteiger partial charge >= 0.3 is 17.9 Å². The minimum atomic E-state index is -1.62. The molecule has 3 amide bonds. The highest BCUT2D eigenvalue weighted by atomic mass is 16.4. The molecule has 5 atom stereocenters. The molecule has 0 radical (unpaired) electrons. The topological polar surface area (TPSA) is 245 Å². The molecular weight excluding hydrogens is 432 g/mol. The summed E-state index contributed by atoms with van der Waals surface area (Å²) < 4.78 is 0. The zero-order chi connectivity index (χ0) is 25.0. The van der Waals surface area contributed by atoms with Crippen LogP contribution in [0.15, 0.2) is 0 Å². The van der Waals surface area contributed by atoms with Crippen molar-refractivity contribution < 1.29 is 49.2 Å². The summed E-state index contributed by atoms with van der Waals surface area (Å²) in [4.78, 5) is 69.9. The van der Waals surface area contributed by atoms with E-state index in [1.54, 1.807) is 13.8 Å². The first kappa shape index (κ1) is 28.7. The van der Waals surface area contributed by atoms with Crippen molar-refractivity contribution in [3.63, 3.8) is 0 Å². The van der Waals surface area contributed by atoms with Crippen LogP contribution in [0.1, 0.15) is 39.5 Å². The molecular formula is C18H30N4O10. The van der Waals surface area contributed by atoms with Crippen LogP contribution in [0.4, 0.5) is 0 Å². The molecule has 0 aromatic heterocycles. The van der Waals surface area contributed by atoms with E-state index in [-0.39, 0.29) is 0 Å².